The first-order chi connectivity index (χ1) is 12.0. The van der Waals surface area contributed by atoms with Crippen LogP contribution < -0.4 is 10.1 Å². The van der Waals surface area contributed by atoms with Crippen LogP contribution in [-0.4, -0.2) is 41.7 Å². The molecule has 1 N–H and O–H groups in total. The van der Waals surface area contributed by atoms with Gasteiger partial charge in [0.2, 0.25) is 11.8 Å². The van der Waals surface area contributed by atoms with Gasteiger partial charge in [-0.15, -0.1) is 0 Å². The van der Waals surface area contributed by atoms with Gasteiger partial charge in [0.15, 0.2) is 11.6 Å². The molecule has 0 bridgehead atoms. The quantitative estimate of drug-likeness (QED) is 0.905. The van der Waals surface area contributed by atoms with Crippen molar-refractivity contribution in [1.29, 1.82) is 0 Å². The molecule has 25 heavy (non-hydrogen) atoms. The Morgan fingerprint density at radius 2 is 2.04 bits per heavy atom. The minimum atomic E-state index is -0.954. The maximum absolute atomic E-state index is 12.3. The third-order valence-corrected chi connectivity index (χ3v) is 3.72. The second-order valence-electron chi connectivity index (χ2n) is 5.88. The Labute approximate surface area is 146 Å². The summed E-state index contributed by atoms with van der Waals surface area (Å²) in [5.41, 5.74) is 0.575. The lowest BCUT2D eigenvalue weighted by molar-refractivity contribution is -0.164. The van der Waals surface area contributed by atoms with Gasteiger partial charge in [-0.05, 0) is 13.0 Å². The van der Waals surface area contributed by atoms with Crippen LogP contribution in [0.2, 0.25) is 0 Å². The summed E-state index contributed by atoms with van der Waals surface area (Å²) in [4.78, 5) is 26.8. The summed E-state index contributed by atoms with van der Waals surface area (Å²) in [6.45, 7) is 1.78. The summed E-state index contributed by atoms with van der Waals surface area (Å²) in [5, 5.41) is 4.38. The first kappa shape index (κ1) is 16.9. The average Bonchev–Trinajstić information content (AvgIpc) is 2.90. The number of hydrogen-bond donors (Lipinski definition) is 1. The third-order valence-electron chi connectivity index (χ3n) is 3.72. The van der Waals surface area contributed by atoms with Crippen LogP contribution in [0.3, 0.4) is 0 Å². The molecule has 0 aliphatic carbocycles. The molecule has 2 aromatic rings. The van der Waals surface area contributed by atoms with Gasteiger partial charge in [0, 0.05) is 18.7 Å². The van der Waals surface area contributed by atoms with Gasteiger partial charge < -0.3 is 10.1 Å². The van der Waals surface area contributed by atoms with E-state index in [1.54, 1.807) is 37.4 Å². The molecule has 1 aromatic carbocycles. The minimum Gasteiger partial charge on any atom is -0.481 e. The van der Waals surface area contributed by atoms with Crippen molar-refractivity contribution in [2.24, 2.45) is 4.99 Å². The fourth-order valence-corrected chi connectivity index (χ4v) is 2.64. The van der Waals surface area contributed by atoms with Crippen LogP contribution in [0.15, 0.2) is 53.7 Å². The topological polar surface area (TPSA) is 76.0 Å². The van der Waals surface area contributed by atoms with Crippen LogP contribution in [0.4, 0.5) is 5.69 Å². The molecule has 0 radical (unpaired) electrons. The first-order valence-electron chi connectivity index (χ1n) is 7.87. The molecule has 1 aliphatic rings. The number of nitrogens with one attached hydrogen (secondary N) is 1. The van der Waals surface area contributed by atoms with Gasteiger partial charge in [-0.1, -0.05) is 30.3 Å². The fourth-order valence-electron chi connectivity index (χ4n) is 2.64. The number of hydrogen-bond acceptors (Lipinski definition) is 6. The summed E-state index contributed by atoms with van der Waals surface area (Å²) < 4.78 is 5.00. The number of anilines is 1. The molecule has 0 saturated carbocycles. The Kier molecular flexibility index (Phi) is 4.67. The fraction of sp³-hybridized carbons (Fsp3) is 0.278. The Hall–Kier alpha value is -2.93. The van der Waals surface area contributed by atoms with E-state index >= 15 is 0 Å². The number of amidine groups is 1. The molecule has 2 heterocycles. The summed E-state index contributed by atoms with van der Waals surface area (Å²) in [5.74, 6) is 0.978. The van der Waals surface area contributed by atoms with Crippen molar-refractivity contribution < 1.29 is 14.4 Å². The summed E-state index contributed by atoms with van der Waals surface area (Å²) in [6, 6.07) is 13.1. The highest BCUT2D eigenvalue weighted by Gasteiger charge is 2.37. The molecule has 3 rings (SSSR count). The van der Waals surface area contributed by atoms with Crippen molar-refractivity contribution in [2.45, 2.75) is 19.1 Å². The average molecular weight is 340 g/mol. The summed E-state index contributed by atoms with van der Waals surface area (Å²) in [7, 11) is 3.32. The van der Waals surface area contributed by atoms with E-state index in [2.05, 4.69) is 15.3 Å². The van der Waals surface area contributed by atoms with Gasteiger partial charge in [0.1, 0.15) is 0 Å². The van der Waals surface area contributed by atoms with Gasteiger partial charge >= 0.3 is 0 Å². The van der Waals surface area contributed by atoms with E-state index < -0.39 is 5.72 Å². The molecule has 1 aromatic heterocycles. The number of pyridine rings is 1. The molecule has 130 valence electrons. The smallest absolute Gasteiger partial charge is 0.229 e. The maximum atomic E-state index is 12.3. The number of benzene rings is 1. The first-order valence-corrected chi connectivity index (χ1v) is 7.87. The van der Waals surface area contributed by atoms with E-state index in [1.165, 1.54) is 7.11 Å². The zero-order chi connectivity index (χ0) is 17.9. The molecule has 0 saturated heterocycles. The van der Waals surface area contributed by atoms with Crippen LogP contribution in [0.1, 0.15) is 18.9 Å². The van der Waals surface area contributed by atoms with E-state index in [0.29, 0.717) is 17.4 Å². The van der Waals surface area contributed by atoms with Crippen LogP contribution in [0, 0.1) is 0 Å². The number of aromatic nitrogens is 1. The highest BCUT2D eigenvalue weighted by molar-refractivity contribution is 5.99. The Bertz CT molecular complexity index is 777. The molecule has 1 aliphatic heterocycles. The van der Waals surface area contributed by atoms with Crippen LogP contribution in [0.25, 0.3) is 0 Å². The number of aliphatic imine (C=N–C) groups is 1. The monoisotopic (exact) mass is 340 g/mol. The second kappa shape index (κ2) is 6.90. The SMILES string of the molecule is COc1ccc(NC(=O)CC2(C)N=C(c3ccccc3)N(C)O2)cn1. The van der Waals surface area contributed by atoms with Gasteiger partial charge in [0.05, 0.1) is 25.4 Å². The highest BCUT2D eigenvalue weighted by Crippen LogP contribution is 2.28. The number of carbonyl (C=O) groups is 1. The molecule has 1 amide bonds. The zero-order valence-electron chi connectivity index (χ0n) is 14.4. The van der Waals surface area contributed by atoms with Crippen LogP contribution >= 0.6 is 0 Å². The predicted molar refractivity (Wildman–Crippen MR) is 94.3 cm³/mol. The van der Waals surface area contributed by atoms with Gasteiger partial charge in [-0.2, -0.15) is 0 Å². The third kappa shape index (κ3) is 3.95. The van der Waals surface area contributed by atoms with Gasteiger partial charge in [0.25, 0.3) is 0 Å². The largest absolute Gasteiger partial charge is 0.481 e. The Morgan fingerprint density at radius 3 is 2.68 bits per heavy atom. The van der Waals surface area contributed by atoms with E-state index in [-0.39, 0.29) is 12.3 Å². The highest BCUT2D eigenvalue weighted by atomic mass is 16.7. The Morgan fingerprint density at radius 1 is 1.28 bits per heavy atom. The molecule has 1 unspecified atom stereocenters. The molecular formula is C18H20N4O3. The van der Waals surface area contributed by atoms with Crippen molar-refractivity contribution in [1.82, 2.24) is 10.0 Å². The number of methoxy groups -OCH3 is 1. The van der Waals surface area contributed by atoms with E-state index in [9.17, 15) is 4.79 Å². The van der Waals surface area contributed by atoms with Crippen molar-refractivity contribution in [3.05, 3.63) is 54.2 Å². The number of nitrogens with zero attached hydrogens (tertiary/aromatic N) is 3. The maximum Gasteiger partial charge on any atom is 0.229 e. The zero-order valence-corrected chi connectivity index (χ0v) is 14.4. The summed E-state index contributed by atoms with van der Waals surface area (Å²) >= 11 is 0. The standard InChI is InChI=1S/C18H20N4O3/c1-18(11-15(23)20-14-9-10-16(24-3)19-12-14)21-17(22(2)25-18)13-7-5-4-6-8-13/h4-10,12H,11H2,1-3H3,(H,20,23). The van der Waals surface area contributed by atoms with E-state index in [4.69, 9.17) is 9.57 Å². The molecule has 1 atom stereocenters. The lowest BCUT2D eigenvalue weighted by Gasteiger charge is -2.21. The number of amides is 1. The van der Waals surface area contributed by atoms with Gasteiger partial charge in [-0.25, -0.2) is 19.9 Å². The molecule has 0 spiro atoms. The molecule has 0 fully saturated rings. The van der Waals surface area contributed by atoms with E-state index in [1.807, 2.05) is 30.3 Å². The number of hydroxylamine groups is 2. The lowest BCUT2D eigenvalue weighted by Crippen LogP contribution is -2.32. The van der Waals surface area contributed by atoms with Crippen molar-refractivity contribution in [3.8, 4) is 5.88 Å². The lowest BCUT2D eigenvalue weighted by atomic mass is 10.1. The minimum absolute atomic E-state index is 0.0830. The second-order valence-corrected chi connectivity index (χ2v) is 5.88. The number of carbonyl (C=O) groups excluding carboxylic acids is 1. The summed E-state index contributed by atoms with van der Waals surface area (Å²) in [6.07, 6.45) is 1.62. The Balaban J connectivity index is 1.69. The number of rotatable bonds is 5. The predicted octanol–water partition coefficient (Wildman–Crippen LogP) is 2.46. The van der Waals surface area contributed by atoms with Crippen molar-refractivity contribution in [2.75, 3.05) is 19.5 Å². The van der Waals surface area contributed by atoms with E-state index in [0.717, 1.165) is 5.56 Å². The van der Waals surface area contributed by atoms with Crippen molar-refractivity contribution >= 4 is 17.4 Å². The molecule has 7 heteroatoms. The van der Waals surface area contributed by atoms with Crippen LogP contribution in [0.5, 0.6) is 5.88 Å². The molecular weight excluding hydrogens is 320 g/mol. The van der Waals surface area contributed by atoms with Crippen molar-refractivity contribution in [3.63, 3.8) is 0 Å². The molecule has 7 nitrogen and oxygen atoms in total. The van der Waals surface area contributed by atoms with Crippen LogP contribution in [-0.2, 0) is 9.63 Å². The normalized spacial score (nSPS) is 19.5. The van der Waals surface area contributed by atoms with Gasteiger partial charge in [-0.3, -0.25) is 4.79 Å². The number of ether oxygens (including phenoxy) is 1.